The zero-order chi connectivity index (χ0) is 18.9. The summed E-state index contributed by atoms with van der Waals surface area (Å²) >= 11 is 0. The number of methoxy groups -OCH3 is 4. The number of Topliss-reactive ketones (excluding diaryl/α,β-unsaturated/α-hetero) is 1. The fourth-order valence-electron chi connectivity index (χ4n) is 2.79. The Hall–Kier alpha value is -2.69. The number of hydrogen-bond donors (Lipinski definition) is 0. The van der Waals surface area contributed by atoms with Crippen LogP contribution in [0.1, 0.15) is 24.0 Å². The number of ether oxygens (including phenoxy) is 4. The number of carbonyl (C=O) groups excluding carboxylic acids is 1. The molecule has 0 fully saturated rings. The summed E-state index contributed by atoms with van der Waals surface area (Å²) in [5, 5.41) is 0. The molecule has 5 heteroatoms. The smallest absolute Gasteiger partial charge is 0.133 e. The maximum atomic E-state index is 12.3. The van der Waals surface area contributed by atoms with Crippen molar-refractivity contribution in [1.82, 2.24) is 0 Å². The Morgan fingerprint density at radius 1 is 0.692 bits per heavy atom. The molecule has 0 aromatic heterocycles. The van der Waals surface area contributed by atoms with E-state index < -0.39 is 0 Å². The van der Waals surface area contributed by atoms with Crippen molar-refractivity contribution in [2.75, 3.05) is 28.4 Å². The third-order valence-corrected chi connectivity index (χ3v) is 4.33. The largest absolute Gasteiger partial charge is 0.497 e. The quantitative estimate of drug-likeness (QED) is 0.646. The summed E-state index contributed by atoms with van der Waals surface area (Å²) in [7, 11) is 6.48. The van der Waals surface area contributed by atoms with E-state index in [1.54, 1.807) is 28.4 Å². The van der Waals surface area contributed by atoms with E-state index in [1.807, 2.05) is 36.4 Å². The molecule has 0 aliphatic carbocycles. The van der Waals surface area contributed by atoms with Crippen molar-refractivity contribution in [3.63, 3.8) is 0 Å². The topological polar surface area (TPSA) is 54.0 Å². The van der Waals surface area contributed by atoms with Crippen molar-refractivity contribution >= 4 is 5.78 Å². The third kappa shape index (κ3) is 5.15. The molecular weight excluding hydrogens is 332 g/mol. The van der Waals surface area contributed by atoms with Gasteiger partial charge in [-0.15, -0.1) is 0 Å². The fraction of sp³-hybridized carbons (Fsp3) is 0.381. The fourth-order valence-corrected chi connectivity index (χ4v) is 2.79. The minimum absolute atomic E-state index is 0.209. The van der Waals surface area contributed by atoms with Gasteiger partial charge in [-0.3, -0.25) is 4.79 Å². The summed E-state index contributed by atoms with van der Waals surface area (Å²) in [6.07, 6.45) is 2.24. The van der Waals surface area contributed by atoms with Gasteiger partial charge in [0.05, 0.1) is 28.4 Å². The summed E-state index contributed by atoms with van der Waals surface area (Å²) in [5.74, 6) is 3.18. The van der Waals surface area contributed by atoms with Gasteiger partial charge in [-0.2, -0.15) is 0 Å². The van der Waals surface area contributed by atoms with Crippen molar-refractivity contribution in [2.45, 2.75) is 25.7 Å². The highest BCUT2D eigenvalue weighted by molar-refractivity contribution is 5.79. The van der Waals surface area contributed by atoms with Gasteiger partial charge >= 0.3 is 0 Å². The van der Waals surface area contributed by atoms with Crippen LogP contribution in [-0.2, 0) is 17.6 Å². The predicted octanol–water partition coefficient (Wildman–Crippen LogP) is 3.86. The molecule has 5 nitrogen and oxygen atoms in total. The van der Waals surface area contributed by atoms with Gasteiger partial charge in [0.2, 0.25) is 0 Å². The number of hydrogen-bond acceptors (Lipinski definition) is 5. The van der Waals surface area contributed by atoms with E-state index in [2.05, 4.69) is 0 Å². The van der Waals surface area contributed by atoms with E-state index in [4.69, 9.17) is 18.9 Å². The standard InChI is InChI=1S/C21H26O5/c1-23-18-11-7-15(20(13-18)25-3)5-9-17(22)10-6-16-8-12-19(24-2)14-21(16)26-4/h7-8,11-14H,5-6,9-10H2,1-4H3. The lowest BCUT2D eigenvalue weighted by molar-refractivity contribution is -0.119. The molecule has 0 spiro atoms. The SMILES string of the molecule is COc1ccc(CCC(=O)CCc2ccc(OC)cc2OC)c(OC)c1. The Labute approximate surface area is 154 Å². The van der Waals surface area contributed by atoms with Crippen molar-refractivity contribution in [1.29, 1.82) is 0 Å². The van der Waals surface area contributed by atoms with Gasteiger partial charge in [-0.1, -0.05) is 12.1 Å². The number of rotatable bonds is 10. The lowest BCUT2D eigenvalue weighted by atomic mass is 10.0. The minimum Gasteiger partial charge on any atom is -0.497 e. The van der Waals surface area contributed by atoms with Crippen LogP contribution >= 0.6 is 0 Å². The summed E-state index contributed by atoms with van der Waals surface area (Å²) in [6.45, 7) is 0. The first-order valence-corrected chi connectivity index (χ1v) is 8.54. The van der Waals surface area contributed by atoms with Crippen molar-refractivity contribution < 1.29 is 23.7 Å². The second kappa shape index (κ2) is 9.70. The van der Waals surface area contributed by atoms with E-state index in [0.29, 0.717) is 25.7 Å². The van der Waals surface area contributed by atoms with Crippen LogP contribution < -0.4 is 18.9 Å². The Balaban J connectivity index is 1.92. The van der Waals surface area contributed by atoms with Crippen molar-refractivity contribution in [2.24, 2.45) is 0 Å². The molecule has 0 bridgehead atoms. The third-order valence-electron chi connectivity index (χ3n) is 4.33. The molecule has 140 valence electrons. The molecule has 0 aliphatic rings. The van der Waals surface area contributed by atoms with E-state index >= 15 is 0 Å². The molecule has 0 atom stereocenters. The molecule has 2 rings (SSSR count). The van der Waals surface area contributed by atoms with E-state index in [0.717, 1.165) is 34.1 Å². The molecule has 0 saturated heterocycles. The molecule has 0 heterocycles. The normalized spacial score (nSPS) is 10.3. The molecule has 0 amide bonds. The molecule has 2 aromatic carbocycles. The Morgan fingerprint density at radius 2 is 1.12 bits per heavy atom. The molecule has 2 aromatic rings. The average Bonchev–Trinajstić information content (AvgIpc) is 2.70. The van der Waals surface area contributed by atoms with Crippen LogP contribution in [-0.4, -0.2) is 34.2 Å². The summed E-state index contributed by atoms with van der Waals surface area (Å²) in [6, 6.07) is 11.3. The second-order valence-corrected chi connectivity index (χ2v) is 5.89. The van der Waals surface area contributed by atoms with Gasteiger partial charge in [0.15, 0.2) is 0 Å². The lowest BCUT2D eigenvalue weighted by Gasteiger charge is -2.11. The van der Waals surface area contributed by atoms with Crippen LogP contribution in [0, 0.1) is 0 Å². The Bertz CT molecular complexity index is 678. The molecule has 0 aliphatic heterocycles. The summed E-state index contributed by atoms with van der Waals surface area (Å²) < 4.78 is 21.2. The number of aryl methyl sites for hydroxylation is 2. The van der Waals surface area contributed by atoms with E-state index in [1.165, 1.54) is 0 Å². The maximum Gasteiger partial charge on any atom is 0.133 e. The molecular formula is C21H26O5. The van der Waals surface area contributed by atoms with Gasteiger partial charge in [-0.05, 0) is 36.1 Å². The summed E-state index contributed by atoms with van der Waals surface area (Å²) in [4.78, 5) is 12.3. The summed E-state index contributed by atoms with van der Waals surface area (Å²) in [5.41, 5.74) is 2.01. The number of benzene rings is 2. The first-order chi connectivity index (χ1) is 12.6. The first-order valence-electron chi connectivity index (χ1n) is 8.54. The molecule has 0 saturated carbocycles. The predicted molar refractivity (Wildman–Crippen MR) is 101 cm³/mol. The van der Waals surface area contributed by atoms with Gasteiger partial charge < -0.3 is 18.9 Å². The molecule has 0 radical (unpaired) electrons. The second-order valence-electron chi connectivity index (χ2n) is 5.89. The van der Waals surface area contributed by atoms with E-state index in [-0.39, 0.29) is 5.78 Å². The highest BCUT2D eigenvalue weighted by atomic mass is 16.5. The van der Waals surface area contributed by atoms with Crippen LogP contribution in [0.15, 0.2) is 36.4 Å². The van der Waals surface area contributed by atoms with Gasteiger partial charge in [-0.25, -0.2) is 0 Å². The van der Waals surface area contributed by atoms with Crippen LogP contribution in [0.4, 0.5) is 0 Å². The zero-order valence-corrected chi connectivity index (χ0v) is 15.8. The van der Waals surface area contributed by atoms with Gasteiger partial charge in [0.1, 0.15) is 28.8 Å². The van der Waals surface area contributed by atoms with Crippen molar-refractivity contribution in [3.05, 3.63) is 47.5 Å². The highest BCUT2D eigenvalue weighted by Gasteiger charge is 2.11. The number of carbonyl (C=O) groups is 1. The zero-order valence-electron chi connectivity index (χ0n) is 15.8. The monoisotopic (exact) mass is 358 g/mol. The first kappa shape index (κ1) is 19.6. The minimum atomic E-state index is 0.209. The number of ketones is 1. The maximum absolute atomic E-state index is 12.3. The Morgan fingerprint density at radius 3 is 1.46 bits per heavy atom. The highest BCUT2D eigenvalue weighted by Crippen LogP contribution is 2.27. The van der Waals surface area contributed by atoms with Gasteiger partial charge in [0.25, 0.3) is 0 Å². The van der Waals surface area contributed by atoms with Crippen LogP contribution in [0.5, 0.6) is 23.0 Å². The van der Waals surface area contributed by atoms with Crippen LogP contribution in [0.25, 0.3) is 0 Å². The van der Waals surface area contributed by atoms with Gasteiger partial charge in [0, 0.05) is 25.0 Å². The van der Waals surface area contributed by atoms with Crippen molar-refractivity contribution in [3.8, 4) is 23.0 Å². The average molecular weight is 358 g/mol. The van der Waals surface area contributed by atoms with Crippen LogP contribution in [0.2, 0.25) is 0 Å². The van der Waals surface area contributed by atoms with E-state index in [9.17, 15) is 4.79 Å². The van der Waals surface area contributed by atoms with Crippen LogP contribution in [0.3, 0.4) is 0 Å². The molecule has 26 heavy (non-hydrogen) atoms. The lowest BCUT2D eigenvalue weighted by Crippen LogP contribution is -2.04. The molecule has 0 N–H and O–H groups in total. The Kier molecular flexibility index (Phi) is 7.33. The molecule has 0 unspecified atom stereocenters.